The fraction of sp³-hybridized carbons (Fsp3) is 0.154. The summed E-state index contributed by atoms with van der Waals surface area (Å²) in [6, 6.07) is 5.45. The average molecular weight is 241 g/mol. The second kappa shape index (κ2) is 4.44. The number of carbonyl (C=O) groups is 1. The number of para-hydroxylation sites is 1. The lowest BCUT2D eigenvalue weighted by molar-refractivity contribution is 0.103. The molecule has 0 saturated heterocycles. The average Bonchev–Trinajstić information content (AvgIpc) is 2.47. The first kappa shape index (κ1) is 10.7. The van der Waals surface area contributed by atoms with E-state index in [1.165, 1.54) is 18.6 Å². The highest BCUT2D eigenvalue weighted by Gasteiger charge is 2.20. The number of nitrogens with zero attached hydrogens (tertiary/aromatic N) is 2. The summed E-state index contributed by atoms with van der Waals surface area (Å²) < 4.78 is 5.57. The molecule has 5 heteroatoms. The summed E-state index contributed by atoms with van der Waals surface area (Å²) in [7, 11) is 0. The Morgan fingerprint density at radius 1 is 1.33 bits per heavy atom. The van der Waals surface area contributed by atoms with Gasteiger partial charge in [-0.3, -0.25) is 9.78 Å². The van der Waals surface area contributed by atoms with Gasteiger partial charge in [0.1, 0.15) is 12.3 Å². The Kier molecular flexibility index (Phi) is 2.64. The van der Waals surface area contributed by atoms with E-state index in [1.807, 2.05) is 12.1 Å². The molecule has 90 valence electrons. The Hall–Kier alpha value is -2.43. The van der Waals surface area contributed by atoms with Crippen molar-refractivity contribution in [2.24, 2.45) is 0 Å². The monoisotopic (exact) mass is 241 g/mol. The van der Waals surface area contributed by atoms with E-state index >= 15 is 0 Å². The van der Waals surface area contributed by atoms with Crippen LogP contribution in [0.5, 0.6) is 5.75 Å². The Morgan fingerprint density at radius 3 is 3.11 bits per heavy atom. The van der Waals surface area contributed by atoms with Crippen LogP contribution in [0.2, 0.25) is 0 Å². The maximum absolute atomic E-state index is 12.3. The van der Waals surface area contributed by atoms with Crippen LogP contribution in [0.15, 0.2) is 36.8 Å². The van der Waals surface area contributed by atoms with Gasteiger partial charge in [0, 0.05) is 18.9 Å². The summed E-state index contributed by atoms with van der Waals surface area (Å²) in [5.41, 5.74) is 1.68. The van der Waals surface area contributed by atoms with E-state index < -0.39 is 0 Å². The zero-order chi connectivity index (χ0) is 12.4. The lowest BCUT2D eigenvalue weighted by Crippen LogP contribution is -2.20. The number of ether oxygens (including phenoxy) is 1. The van der Waals surface area contributed by atoms with Gasteiger partial charge >= 0.3 is 0 Å². The van der Waals surface area contributed by atoms with Crippen LogP contribution in [-0.4, -0.2) is 28.9 Å². The number of hydrogen-bond donors (Lipinski definition) is 1. The topological polar surface area (TPSA) is 64.1 Å². The van der Waals surface area contributed by atoms with E-state index in [0.29, 0.717) is 23.6 Å². The summed E-state index contributed by atoms with van der Waals surface area (Å²) in [5, 5.41) is 3.20. The van der Waals surface area contributed by atoms with E-state index in [0.717, 1.165) is 12.2 Å². The van der Waals surface area contributed by atoms with Crippen LogP contribution in [0.3, 0.4) is 0 Å². The molecule has 0 spiro atoms. The molecule has 1 aromatic heterocycles. The summed E-state index contributed by atoms with van der Waals surface area (Å²) in [4.78, 5) is 20.2. The molecule has 3 rings (SSSR count). The van der Waals surface area contributed by atoms with Crippen LogP contribution in [0.1, 0.15) is 16.1 Å². The SMILES string of the molecule is O=C(c1cnccn1)c1cccc2c1OCCN2. The summed E-state index contributed by atoms with van der Waals surface area (Å²) in [6.45, 7) is 1.30. The fourth-order valence-corrected chi connectivity index (χ4v) is 1.90. The molecule has 1 aromatic carbocycles. The number of carbonyl (C=O) groups excluding carboxylic acids is 1. The molecular formula is C13H11N3O2. The molecule has 0 fully saturated rings. The van der Waals surface area contributed by atoms with Gasteiger partial charge in [0.25, 0.3) is 0 Å². The maximum Gasteiger partial charge on any atom is 0.216 e. The summed E-state index contributed by atoms with van der Waals surface area (Å²) in [6.07, 6.45) is 4.50. The van der Waals surface area contributed by atoms with Gasteiger partial charge in [-0.05, 0) is 12.1 Å². The molecule has 1 aliphatic heterocycles. The molecule has 2 heterocycles. The smallest absolute Gasteiger partial charge is 0.216 e. The third-order valence-corrected chi connectivity index (χ3v) is 2.72. The lowest BCUT2D eigenvalue weighted by atomic mass is 10.1. The van der Waals surface area contributed by atoms with Gasteiger partial charge < -0.3 is 10.1 Å². The molecule has 0 bridgehead atoms. The zero-order valence-electron chi connectivity index (χ0n) is 9.59. The Morgan fingerprint density at radius 2 is 2.28 bits per heavy atom. The number of hydrogen-bond acceptors (Lipinski definition) is 5. The third-order valence-electron chi connectivity index (χ3n) is 2.72. The second-order valence-electron chi connectivity index (χ2n) is 3.88. The first-order valence-corrected chi connectivity index (χ1v) is 5.66. The largest absolute Gasteiger partial charge is 0.489 e. The van der Waals surface area contributed by atoms with Crippen molar-refractivity contribution in [3.05, 3.63) is 48.0 Å². The molecule has 0 amide bonds. The van der Waals surface area contributed by atoms with Crippen LogP contribution in [0.25, 0.3) is 0 Å². The predicted molar refractivity (Wildman–Crippen MR) is 65.9 cm³/mol. The molecule has 0 unspecified atom stereocenters. The minimum Gasteiger partial charge on any atom is -0.489 e. The minimum absolute atomic E-state index is 0.177. The highest BCUT2D eigenvalue weighted by atomic mass is 16.5. The number of benzene rings is 1. The molecule has 0 atom stereocenters. The molecule has 2 aromatic rings. The molecule has 1 aliphatic rings. The van der Waals surface area contributed by atoms with Gasteiger partial charge in [-0.25, -0.2) is 4.98 Å². The van der Waals surface area contributed by atoms with E-state index in [4.69, 9.17) is 4.74 Å². The van der Waals surface area contributed by atoms with Crippen LogP contribution in [0.4, 0.5) is 5.69 Å². The van der Waals surface area contributed by atoms with Crippen molar-refractivity contribution in [2.45, 2.75) is 0 Å². The van der Waals surface area contributed by atoms with Gasteiger partial charge in [-0.1, -0.05) is 6.07 Å². The Balaban J connectivity index is 2.05. The number of rotatable bonds is 2. The first-order valence-electron chi connectivity index (χ1n) is 5.66. The molecule has 1 N–H and O–H groups in total. The van der Waals surface area contributed by atoms with Gasteiger partial charge in [0.05, 0.1) is 17.4 Å². The van der Waals surface area contributed by atoms with E-state index in [1.54, 1.807) is 6.07 Å². The summed E-state index contributed by atoms with van der Waals surface area (Å²) in [5.74, 6) is 0.419. The first-order chi connectivity index (χ1) is 8.86. The van der Waals surface area contributed by atoms with Crippen molar-refractivity contribution in [1.82, 2.24) is 9.97 Å². The van der Waals surface area contributed by atoms with Crippen molar-refractivity contribution < 1.29 is 9.53 Å². The number of anilines is 1. The van der Waals surface area contributed by atoms with E-state index in [2.05, 4.69) is 15.3 Å². The van der Waals surface area contributed by atoms with Crippen molar-refractivity contribution >= 4 is 11.5 Å². The highest BCUT2D eigenvalue weighted by molar-refractivity contribution is 6.10. The molecule has 0 aliphatic carbocycles. The molecule has 0 radical (unpaired) electrons. The Labute approximate surface area is 104 Å². The maximum atomic E-state index is 12.3. The van der Waals surface area contributed by atoms with Gasteiger partial charge in [-0.15, -0.1) is 0 Å². The quantitative estimate of drug-likeness (QED) is 0.807. The van der Waals surface area contributed by atoms with Crippen molar-refractivity contribution in [3.8, 4) is 5.75 Å². The lowest BCUT2D eigenvalue weighted by Gasteiger charge is -2.21. The summed E-state index contributed by atoms with van der Waals surface area (Å²) >= 11 is 0. The standard InChI is InChI=1S/C13H11N3O2/c17-12(11-8-14-4-5-15-11)9-2-1-3-10-13(9)18-7-6-16-10/h1-5,8,16H,6-7H2. The van der Waals surface area contributed by atoms with Crippen molar-refractivity contribution in [1.29, 1.82) is 0 Å². The van der Waals surface area contributed by atoms with Gasteiger partial charge in [-0.2, -0.15) is 0 Å². The van der Waals surface area contributed by atoms with E-state index in [9.17, 15) is 4.79 Å². The van der Waals surface area contributed by atoms with Crippen LogP contribution >= 0.6 is 0 Å². The zero-order valence-corrected chi connectivity index (χ0v) is 9.59. The minimum atomic E-state index is -0.177. The van der Waals surface area contributed by atoms with Crippen LogP contribution in [-0.2, 0) is 0 Å². The van der Waals surface area contributed by atoms with Crippen LogP contribution in [0, 0.1) is 0 Å². The number of ketones is 1. The number of fused-ring (bicyclic) bond motifs is 1. The fourth-order valence-electron chi connectivity index (χ4n) is 1.90. The molecule has 0 saturated carbocycles. The second-order valence-corrected chi connectivity index (χ2v) is 3.88. The number of aromatic nitrogens is 2. The normalized spacial score (nSPS) is 13.1. The van der Waals surface area contributed by atoms with Crippen molar-refractivity contribution in [3.63, 3.8) is 0 Å². The van der Waals surface area contributed by atoms with E-state index in [-0.39, 0.29) is 5.78 Å². The Bertz CT molecular complexity index is 584. The number of nitrogens with one attached hydrogen (secondary N) is 1. The molecular weight excluding hydrogens is 230 g/mol. The molecule has 18 heavy (non-hydrogen) atoms. The van der Waals surface area contributed by atoms with Gasteiger partial charge in [0.2, 0.25) is 5.78 Å². The highest BCUT2D eigenvalue weighted by Crippen LogP contribution is 2.32. The third kappa shape index (κ3) is 1.79. The predicted octanol–water partition coefficient (Wildman–Crippen LogP) is 1.51. The van der Waals surface area contributed by atoms with Crippen LogP contribution < -0.4 is 10.1 Å². The van der Waals surface area contributed by atoms with Crippen molar-refractivity contribution in [2.75, 3.05) is 18.5 Å². The molecule has 5 nitrogen and oxygen atoms in total. The van der Waals surface area contributed by atoms with Gasteiger partial charge in [0.15, 0.2) is 5.75 Å².